The molecule has 0 spiro atoms. The van der Waals surface area contributed by atoms with Gasteiger partial charge in [-0.25, -0.2) is 0 Å². The fraction of sp³-hybridized carbons (Fsp3) is 0.250. The van der Waals surface area contributed by atoms with Gasteiger partial charge in [0.2, 0.25) is 0 Å². The Kier molecular flexibility index (Phi) is 5.25. The number of para-hydroxylation sites is 1. The van der Waals surface area contributed by atoms with Crippen LogP contribution >= 0.6 is 22.6 Å². The smallest absolute Gasteiger partial charge is 0.142 e. The molecule has 0 fully saturated rings. The minimum Gasteiger partial charge on any atom is -0.496 e. The molecule has 0 amide bonds. The van der Waals surface area contributed by atoms with Crippen molar-refractivity contribution in [3.63, 3.8) is 0 Å². The van der Waals surface area contributed by atoms with E-state index in [1.807, 2.05) is 55.5 Å². The summed E-state index contributed by atoms with van der Waals surface area (Å²) in [5.74, 6) is 1.60. The topological polar surface area (TPSA) is 44.5 Å². The zero-order valence-corrected chi connectivity index (χ0v) is 13.7. The van der Waals surface area contributed by atoms with Crippen molar-refractivity contribution in [3.05, 3.63) is 57.7 Å². The largest absolute Gasteiger partial charge is 0.496 e. The van der Waals surface area contributed by atoms with E-state index < -0.39 is 0 Å². The highest BCUT2D eigenvalue weighted by Gasteiger charge is 2.21. The summed E-state index contributed by atoms with van der Waals surface area (Å²) < 4.78 is 12.6. The molecule has 2 aromatic rings. The maximum atomic E-state index is 6.10. The first-order valence-electron chi connectivity index (χ1n) is 6.42. The van der Waals surface area contributed by atoms with Crippen molar-refractivity contribution in [1.82, 2.24) is 0 Å². The van der Waals surface area contributed by atoms with Crippen LogP contribution < -0.4 is 15.2 Å². The average Bonchev–Trinajstić information content (AvgIpc) is 2.44. The van der Waals surface area contributed by atoms with Crippen LogP contribution in [0.2, 0.25) is 0 Å². The minimum absolute atomic E-state index is 0.149. The van der Waals surface area contributed by atoms with Crippen LogP contribution in [0.25, 0.3) is 0 Å². The number of halogens is 1. The van der Waals surface area contributed by atoms with Gasteiger partial charge in [-0.2, -0.15) is 0 Å². The highest BCUT2D eigenvalue weighted by atomic mass is 127. The van der Waals surface area contributed by atoms with Crippen LogP contribution in [-0.2, 0) is 0 Å². The van der Waals surface area contributed by atoms with E-state index in [9.17, 15) is 0 Å². The molecule has 2 unspecified atom stereocenters. The number of ether oxygens (including phenoxy) is 2. The molecule has 20 heavy (non-hydrogen) atoms. The zero-order valence-electron chi connectivity index (χ0n) is 11.5. The molecule has 0 bridgehead atoms. The van der Waals surface area contributed by atoms with E-state index in [-0.39, 0.29) is 12.1 Å². The van der Waals surface area contributed by atoms with Crippen LogP contribution in [0.1, 0.15) is 18.6 Å². The molecule has 0 aromatic heterocycles. The third-order valence-corrected chi connectivity index (χ3v) is 3.65. The Morgan fingerprint density at radius 3 is 2.50 bits per heavy atom. The summed E-state index contributed by atoms with van der Waals surface area (Å²) >= 11 is 2.26. The summed E-state index contributed by atoms with van der Waals surface area (Å²) in [6, 6.07) is 15.6. The Morgan fingerprint density at radius 2 is 1.85 bits per heavy atom. The molecule has 2 rings (SSSR count). The number of hydrogen-bond donors (Lipinski definition) is 1. The average molecular weight is 383 g/mol. The number of hydrogen-bond acceptors (Lipinski definition) is 3. The van der Waals surface area contributed by atoms with E-state index >= 15 is 0 Å². The SMILES string of the molecule is COc1ccccc1C(Oc1cccc(I)c1)C(C)N. The van der Waals surface area contributed by atoms with Gasteiger partial charge in [0.05, 0.1) is 7.11 Å². The quantitative estimate of drug-likeness (QED) is 0.800. The molecule has 0 saturated heterocycles. The highest BCUT2D eigenvalue weighted by Crippen LogP contribution is 2.31. The van der Waals surface area contributed by atoms with Crippen LogP contribution in [0.3, 0.4) is 0 Å². The first-order valence-corrected chi connectivity index (χ1v) is 7.50. The molecule has 4 heteroatoms. The Balaban J connectivity index is 2.32. The van der Waals surface area contributed by atoms with Gasteiger partial charge in [0, 0.05) is 15.2 Å². The predicted octanol–water partition coefficient (Wildman–Crippen LogP) is 3.77. The first kappa shape index (κ1) is 15.1. The van der Waals surface area contributed by atoms with E-state index in [1.165, 1.54) is 0 Å². The van der Waals surface area contributed by atoms with Gasteiger partial charge in [0.15, 0.2) is 0 Å². The van der Waals surface area contributed by atoms with Gasteiger partial charge in [-0.1, -0.05) is 24.3 Å². The third kappa shape index (κ3) is 3.64. The van der Waals surface area contributed by atoms with Gasteiger partial charge in [0.25, 0.3) is 0 Å². The molecule has 0 heterocycles. The summed E-state index contributed by atoms with van der Waals surface area (Å²) in [5, 5.41) is 0. The lowest BCUT2D eigenvalue weighted by Gasteiger charge is -2.24. The normalized spacial score (nSPS) is 13.6. The summed E-state index contributed by atoms with van der Waals surface area (Å²) in [6.07, 6.45) is -0.246. The number of benzene rings is 2. The first-order chi connectivity index (χ1) is 9.61. The second-order valence-corrected chi connectivity index (χ2v) is 5.84. The van der Waals surface area contributed by atoms with E-state index in [0.717, 1.165) is 20.6 Å². The standard InChI is InChI=1S/C16H18INO2/c1-11(18)16(14-8-3-4-9-15(14)19-2)20-13-7-5-6-12(17)10-13/h3-11,16H,18H2,1-2H3. The van der Waals surface area contributed by atoms with Crippen molar-refractivity contribution in [2.45, 2.75) is 19.1 Å². The van der Waals surface area contributed by atoms with E-state index in [4.69, 9.17) is 15.2 Å². The van der Waals surface area contributed by atoms with Gasteiger partial charge in [-0.15, -0.1) is 0 Å². The molecular formula is C16H18INO2. The van der Waals surface area contributed by atoms with Crippen molar-refractivity contribution in [2.75, 3.05) is 7.11 Å². The Bertz CT molecular complexity index is 572. The summed E-state index contributed by atoms with van der Waals surface area (Å²) in [6.45, 7) is 1.94. The Hall–Kier alpha value is -1.27. The Morgan fingerprint density at radius 1 is 1.10 bits per heavy atom. The van der Waals surface area contributed by atoms with Crippen molar-refractivity contribution in [1.29, 1.82) is 0 Å². The van der Waals surface area contributed by atoms with E-state index in [0.29, 0.717) is 0 Å². The van der Waals surface area contributed by atoms with E-state index in [2.05, 4.69) is 22.6 Å². The minimum atomic E-state index is -0.246. The molecule has 0 saturated carbocycles. The number of methoxy groups -OCH3 is 1. The van der Waals surface area contributed by atoms with E-state index in [1.54, 1.807) is 7.11 Å². The summed E-state index contributed by atoms with van der Waals surface area (Å²) in [5.41, 5.74) is 7.06. The zero-order chi connectivity index (χ0) is 14.5. The highest BCUT2D eigenvalue weighted by molar-refractivity contribution is 14.1. The fourth-order valence-corrected chi connectivity index (χ4v) is 2.56. The number of nitrogens with two attached hydrogens (primary N) is 1. The maximum absolute atomic E-state index is 6.10. The summed E-state index contributed by atoms with van der Waals surface area (Å²) in [4.78, 5) is 0. The van der Waals surface area contributed by atoms with Gasteiger partial charge >= 0.3 is 0 Å². The molecule has 0 aliphatic heterocycles. The van der Waals surface area contributed by atoms with Crippen molar-refractivity contribution in [3.8, 4) is 11.5 Å². The van der Waals surface area contributed by atoms with Crippen LogP contribution in [-0.4, -0.2) is 13.2 Å². The molecule has 2 aromatic carbocycles. The Labute approximate surface area is 133 Å². The molecule has 3 nitrogen and oxygen atoms in total. The van der Waals surface area contributed by atoms with Crippen LogP contribution in [0.15, 0.2) is 48.5 Å². The van der Waals surface area contributed by atoms with Crippen molar-refractivity contribution < 1.29 is 9.47 Å². The molecule has 2 atom stereocenters. The number of rotatable bonds is 5. The van der Waals surface area contributed by atoms with Crippen molar-refractivity contribution >= 4 is 22.6 Å². The second kappa shape index (κ2) is 6.95. The molecule has 0 aliphatic carbocycles. The van der Waals surface area contributed by atoms with Gasteiger partial charge in [-0.3, -0.25) is 0 Å². The monoisotopic (exact) mass is 383 g/mol. The van der Waals surface area contributed by atoms with Crippen LogP contribution in [0.4, 0.5) is 0 Å². The predicted molar refractivity (Wildman–Crippen MR) is 89.2 cm³/mol. The van der Waals surface area contributed by atoms with Crippen molar-refractivity contribution in [2.24, 2.45) is 5.73 Å². The lowest BCUT2D eigenvalue weighted by Crippen LogP contribution is -2.29. The van der Waals surface area contributed by atoms with Gasteiger partial charge in [0.1, 0.15) is 17.6 Å². The van der Waals surface area contributed by atoms with Crippen LogP contribution in [0, 0.1) is 3.57 Å². The van der Waals surface area contributed by atoms with Gasteiger partial charge in [-0.05, 0) is 53.8 Å². The van der Waals surface area contributed by atoms with Crippen LogP contribution in [0.5, 0.6) is 11.5 Å². The fourth-order valence-electron chi connectivity index (χ4n) is 2.04. The molecular weight excluding hydrogens is 365 g/mol. The molecule has 2 N–H and O–H groups in total. The lowest BCUT2D eigenvalue weighted by atomic mass is 10.0. The third-order valence-electron chi connectivity index (χ3n) is 2.98. The molecule has 0 radical (unpaired) electrons. The second-order valence-electron chi connectivity index (χ2n) is 4.60. The molecule has 106 valence electrons. The summed E-state index contributed by atoms with van der Waals surface area (Å²) in [7, 11) is 1.66. The lowest BCUT2D eigenvalue weighted by molar-refractivity contribution is 0.176. The van der Waals surface area contributed by atoms with Gasteiger partial charge < -0.3 is 15.2 Å². The maximum Gasteiger partial charge on any atom is 0.142 e. The molecule has 0 aliphatic rings.